The molecule has 3 atom stereocenters. The van der Waals surface area contributed by atoms with Gasteiger partial charge in [-0.2, -0.15) is 0 Å². The minimum atomic E-state index is -0.414. The average molecular weight is 215 g/mol. The van der Waals surface area contributed by atoms with Gasteiger partial charge in [-0.05, 0) is 13.8 Å². The van der Waals surface area contributed by atoms with E-state index >= 15 is 0 Å². The van der Waals surface area contributed by atoms with Crippen LogP contribution in [-0.2, 0) is 4.79 Å². The van der Waals surface area contributed by atoms with Crippen LogP contribution >= 0.6 is 11.8 Å². The molecule has 0 aromatic rings. The van der Waals surface area contributed by atoms with Gasteiger partial charge in [0, 0.05) is 5.25 Å². The largest absolute Gasteiger partial charge is 0.392 e. The zero-order valence-corrected chi connectivity index (χ0v) is 9.60. The van der Waals surface area contributed by atoms with Gasteiger partial charge in [0.15, 0.2) is 0 Å². The van der Waals surface area contributed by atoms with E-state index in [1.165, 1.54) is 11.8 Å². The van der Waals surface area contributed by atoms with Crippen molar-refractivity contribution in [3.05, 3.63) is 0 Å². The van der Waals surface area contributed by atoms with Crippen LogP contribution in [0.1, 0.15) is 20.8 Å². The molecule has 3 nitrogen and oxygen atoms in total. The number of carbonyl (C=O) groups excluding carboxylic acids is 1. The van der Waals surface area contributed by atoms with Crippen molar-refractivity contribution in [2.45, 2.75) is 37.4 Å². The minimum absolute atomic E-state index is 0.0431. The summed E-state index contributed by atoms with van der Waals surface area (Å²) >= 11 is 1.44. The highest BCUT2D eigenvalue weighted by atomic mass is 32.2. The molecule has 14 heavy (non-hydrogen) atoms. The Labute approximate surface area is 89.7 Å². The van der Waals surface area contributed by atoms with Crippen molar-refractivity contribution in [3.63, 3.8) is 0 Å². The molecule has 1 amide bonds. The molecule has 0 rings (SSSR count). The molecular formula is C10H17NO2S. The van der Waals surface area contributed by atoms with Crippen LogP contribution in [0.4, 0.5) is 0 Å². The summed E-state index contributed by atoms with van der Waals surface area (Å²) in [6, 6.07) is 0. The van der Waals surface area contributed by atoms with Crippen LogP contribution in [0, 0.1) is 12.3 Å². The number of thioether (sulfide) groups is 1. The molecule has 3 unspecified atom stereocenters. The maximum absolute atomic E-state index is 11.4. The van der Waals surface area contributed by atoms with Crippen LogP contribution in [0.3, 0.4) is 0 Å². The zero-order chi connectivity index (χ0) is 11.1. The molecule has 0 heterocycles. The fraction of sp³-hybridized carbons (Fsp3) is 0.700. The quantitative estimate of drug-likeness (QED) is 0.661. The third-order valence-electron chi connectivity index (χ3n) is 1.83. The number of nitrogens with one attached hydrogen (secondary N) is 1. The second-order valence-electron chi connectivity index (χ2n) is 3.15. The lowest BCUT2D eigenvalue weighted by atomic mass is 10.3. The highest BCUT2D eigenvalue weighted by Gasteiger charge is 2.18. The molecule has 0 saturated carbocycles. The first-order valence-electron chi connectivity index (χ1n) is 4.53. The van der Waals surface area contributed by atoms with Gasteiger partial charge in [0.25, 0.3) is 0 Å². The second kappa shape index (κ2) is 6.74. The standard InChI is InChI=1S/C10H17NO2S/c1-5-6-11-10(13)9(4)14-8(3)7(2)12/h1,7-9,12H,6H2,2-4H3,(H,11,13). The third-order valence-corrected chi connectivity index (χ3v) is 3.28. The summed E-state index contributed by atoms with van der Waals surface area (Å²) in [6.07, 6.45) is 4.60. The van der Waals surface area contributed by atoms with Gasteiger partial charge in [0.1, 0.15) is 0 Å². The third kappa shape index (κ3) is 5.15. The number of rotatable bonds is 5. The lowest BCUT2D eigenvalue weighted by Crippen LogP contribution is -2.33. The van der Waals surface area contributed by atoms with Crippen molar-refractivity contribution in [1.82, 2.24) is 5.32 Å². The Kier molecular flexibility index (Phi) is 6.43. The molecule has 0 radical (unpaired) electrons. The van der Waals surface area contributed by atoms with Gasteiger partial charge in [0.2, 0.25) is 5.91 Å². The SMILES string of the molecule is C#CCNC(=O)C(C)SC(C)C(C)O. The van der Waals surface area contributed by atoms with Crippen LogP contribution in [0.25, 0.3) is 0 Å². The lowest BCUT2D eigenvalue weighted by molar-refractivity contribution is -0.120. The van der Waals surface area contributed by atoms with Crippen LogP contribution in [0.2, 0.25) is 0 Å². The van der Waals surface area contributed by atoms with Gasteiger partial charge < -0.3 is 10.4 Å². The predicted molar refractivity (Wildman–Crippen MR) is 60.0 cm³/mol. The number of hydrogen-bond acceptors (Lipinski definition) is 3. The summed E-state index contributed by atoms with van der Waals surface area (Å²) in [7, 11) is 0. The van der Waals surface area contributed by atoms with Crippen molar-refractivity contribution >= 4 is 17.7 Å². The Hall–Kier alpha value is -0.660. The fourth-order valence-corrected chi connectivity index (χ4v) is 1.86. The molecule has 0 aromatic carbocycles. The van der Waals surface area contributed by atoms with E-state index in [1.807, 2.05) is 6.92 Å². The van der Waals surface area contributed by atoms with Crippen LogP contribution < -0.4 is 5.32 Å². The number of terminal acetylenes is 1. The monoisotopic (exact) mass is 215 g/mol. The molecule has 80 valence electrons. The molecule has 0 aliphatic carbocycles. The highest BCUT2D eigenvalue weighted by Crippen LogP contribution is 2.20. The summed E-state index contributed by atoms with van der Waals surface area (Å²) in [5, 5.41) is 11.7. The van der Waals surface area contributed by atoms with Crippen LogP contribution in [0.5, 0.6) is 0 Å². The average Bonchev–Trinajstić information content (AvgIpc) is 2.13. The van der Waals surface area contributed by atoms with Gasteiger partial charge in [0.05, 0.1) is 17.9 Å². The Balaban J connectivity index is 3.90. The van der Waals surface area contributed by atoms with E-state index in [-0.39, 0.29) is 23.0 Å². The summed E-state index contributed by atoms with van der Waals surface area (Å²) < 4.78 is 0. The van der Waals surface area contributed by atoms with E-state index in [0.29, 0.717) is 0 Å². The van der Waals surface area contributed by atoms with Crippen molar-refractivity contribution in [1.29, 1.82) is 0 Å². The van der Waals surface area contributed by atoms with Crippen molar-refractivity contribution < 1.29 is 9.90 Å². The molecule has 4 heteroatoms. The molecule has 2 N–H and O–H groups in total. The van der Waals surface area contributed by atoms with Gasteiger partial charge in [-0.15, -0.1) is 18.2 Å². The normalized spacial score (nSPS) is 16.5. The number of amides is 1. The molecule has 0 spiro atoms. The molecule has 0 bridgehead atoms. The number of hydrogen-bond donors (Lipinski definition) is 2. The topological polar surface area (TPSA) is 49.3 Å². The predicted octanol–water partition coefficient (Wildman–Crippen LogP) is 0.627. The molecule has 0 saturated heterocycles. The van der Waals surface area contributed by atoms with E-state index in [2.05, 4.69) is 11.2 Å². The zero-order valence-electron chi connectivity index (χ0n) is 8.78. The minimum Gasteiger partial charge on any atom is -0.392 e. The molecule has 0 aromatic heterocycles. The lowest BCUT2D eigenvalue weighted by Gasteiger charge is -2.18. The van der Waals surface area contributed by atoms with E-state index in [1.54, 1.807) is 13.8 Å². The maximum Gasteiger partial charge on any atom is 0.233 e. The van der Waals surface area contributed by atoms with Gasteiger partial charge in [-0.25, -0.2) is 0 Å². The first kappa shape index (κ1) is 13.3. The molecule has 0 aliphatic heterocycles. The molecule has 0 aliphatic rings. The summed E-state index contributed by atoms with van der Waals surface area (Å²) in [5.74, 6) is 2.26. The molecular weight excluding hydrogens is 198 g/mol. The highest BCUT2D eigenvalue weighted by molar-refractivity contribution is 8.01. The van der Waals surface area contributed by atoms with Gasteiger partial charge in [-0.3, -0.25) is 4.79 Å². The fourth-order valence-electron chi connectivity index (χ4n) is 0.779. The van der Waals surface area contributed by atoms with Crippen LogP contribution in [0.15, 0.2) is 0 Å². The van der Waals surface area contributed by atoms with Crippen LogP contribution in [-0.4, -0.2) is 34.2 Å². The van der Waals surface area contributed by atoms with E-state index in [0.717, 1.165) is 0 Å². The Morgan fingerprint density at radius 2 is 2.14 bits per heavy atom. The Morgan fingerprint density at radius 1 is 1.57 bits per heavy atom. The Bertz CT molecular complexity index is 223. The first-order valence-corrected chi connectivity index (χ1v) is 5.48. The Morgan fingerprint density at radius 3 is 2.57 bits per heavy atom. The maximum atomic E-state index is 11.4. The number of aliphatic hydroxyl groups is 1. The second-order valence-corrected chi connectivity index (χ2v) is 4.87. The smallest absolute Gasteiger partial charge is 0.233 e. The summed E-state index contributed by atoms with van der Waals surface area (Å²) in [5.41, 5.74) is 0. The first-order chi connectivity index (χ1) is 6.49. The van der Waals surface area contributed by atoms with E-state index in [9.17, 15) is 9.90 Å². The molecule has 0 fully saturated rings. The van der Waals surface area contributed by atoms with Gasteiger partial charge in [-0.1, -0.05) is 12.8 Å². The van der Waals surface area contributed by atoms with E-state index in [4.69, 9.17) is 6.42 Å². The van der Waals surface area contributed by atoms with Crippen molar-refractivity contribution in [2.24, 2.45) is 0 Å². The van der Waals surface area contributed by atoms with Gasteiger partial charge >= 0.3 is 0 Å². The summed E-state index contributed by atoms with van der Waals surface area (Å²) in [4.78, 5) is 11.4. The van der Waals surface area contributed by atoms with E-state index < -0.39 is 6.10 Å². The summed E-state index contributed by atoms with van der Waals surface area (Å²) in [6.45, 7) is 5.66. The number of aliphatic hydroxyl groups excluding tert-OH is 1. The van der Waals surface area contributed by atoms with Crippen molar-refractivity contribution in [3.8, 4) is 12.3 Å². The van der Waals surface area contributed by atoms with Crippen molar-refractivity contribution in [2.75, 3.05) is 6.54 Å². The number of carbonyl (C=O) groups is 1.